The summed E-state index contributed by atoms with van der Waals surface area (Å²) >= 11 is 0. The van der Waals surface area contributed by atoms with Gasteiger partial charge in [0.15, 0.2) is 6.79 Å². The molecule has 0 bridgehead atoms. The Morgan fingerprint density at radius 2 is 1.53 bits per heavy atom. The molecule has 0 N–H and O–H groups in total. The molecule has 2 aromatic rings. The van der Waals surface area contributed by atoms with Crippen LogP contribution in [-0.4, -0.2) is 30.9 Å². The van der Waals surface area contributed by atoms with Gasteiger partial charge in [0, 0.05) is 36.5 Å². The summed E-state index contributed by atoms with van der Waals surface area (Å²) in [6, 6.07) is 14.2. The normalized spacial score (nSPS) is 12.7. The third-order valence-corrected chi connectivity index (χ3v) is 7.54. The lowest BCUT2D eigenvalue weighted by molar-refractivity contribution is 0.0496. The van der Waals surface area contributed by atoms with Crippen molar-refractivity contribution in [3.05, 3.63) is 58.7 Å². The van der Waals surface area contributed by atoms with Crippen LogP contribution in [0, 0.1) is 13.8 Å². The molecule has 0 aliphatic heterocycles. The molecule has 0 spiro atoms. The lowest BCUT2D eigenvalue weighted by Crippen LogP contribution is -2.37. The van der Waals surface area contributed by atoms with Crippen LogP contribution in [0.1, 0.15) is 63.8 Å². The van der Waals surface area contributed by atoms with Gasteiger partial charge in [0.1, 0.15) is 5.75 Å². The van der Waals surface area contributed by atoms with Gasteiger partial charge in [-0.2, -0.15) is 0 Å². The second-order valence-corrected chi connectivity index (χ2v) is 11.2. The standard InChI is InChI=1S/C26H40NO2P/c1-18(2)27(19(3)4)16-22-14-10-13-21(6)25(22)30-26(7,8)23-15-11-12-20(5)24(23)29-17-28-9/h10-15,18-19,30H,16-17H2,1-9H3. The van der Waals surface area contributed by atoms with Crippen molar-refractivity contribution in [1.82, 2.24) is 4.90 Å². The van der Waals surface area contributed by atoms with E-state index in [1.54, 1.807) is 7.11 Å². The van der Waals surface area contributed by atoms with Crippen molar-refractivity contribution in [2.45, 2.75) is 79.2 Å². The maximum absolute atomic E-state index is 6.00. The minimum absolute atomic E-state index is 0.0452. The van der Waals surface area contributed by atoms with E-state index in [1.807, 2.05) is 0 Å². The fraction of sp³-hybridized carbons (Fsp3) is 0.538. The van der Waals surface area contributed by atoms with Crippen LogP contribution in [0.2, 0.25) is 0 Å². The summed E-state index contributed by atoms with van der Waals surface area (Å²) in [7, 11) is 2.31. The molecule has 3 nitrogen and oxygen atoms in total. The summed E-state index contributed by atoms with van der Waals surface area (Å²) in [6.45, 7) is 19.4. The fourth-order valence-electron chi connectivity index (χ4n) is 4.03. The number of rotatable bonds is 10. The predicted octanol–water partition coefficient (Wildman–Crippen LogP) is 6.14. The van der Waals surface area contributed by atoms with Gasteiger partial charge in [0.2, 0.25) is 0 Å². The zero-order valence-corrected chi connectivity index (χ0v) is 21.3. The highest BCUT2D eigenvalue weighted by atomic mass is 31.1. The monoisotopic (exact) mass is 429 g/mol. The van der Waals surface area contributed by atoms with Gasteiger partial charge >= 0.3 is 0 Å². The van der Waals surface area contributed by atoms with Gasteiger partial charge in [-0.1, -0.05) is 58.8 Å². The lowest BCUT2D eigenvalue weighted by Gasteiger charge is -2.33. The summed E-state index contributed by atoms with van der Waals surface area (Å²) in [5, 5.41) is 1.43. The molecule has 0 saturated carbocycles. The van der Waals surface area contributed by atoms with Gasteiger partial charge < -0.3 is 9.47 Å². The van der Waals surface area contributed by atoms with Crippen LogP contribution in [0.5, 0.6) is 5.75 Å². The second-order valence-electron chi connectivity index (χ2n) is 9.22. The molecule has 0 radical (unpaired) electrons. The van der Waals surface area contributed by atoms with Crippen molar-refractivity contribution in [3.63, 3.8) is 0 Å². The molecule has 2 rings (SSSR count). The number of methoxy groups -OCH3 is 1. The van der Waals surface area contributed by atoms with E-state index in [1.165, 1.54) is 22.0 Å². The Balaban J connectivity index is 2.44. The first-order valence-corrected chi connectivity index (χ1v) is 11.9. The largest absolute Gasteiger partial charge is 0.467 e. The van der Waals surface area contributed by atoms with Crippen molar-refractivity contribution in [1.29, 1.82) is 0 Å². The Kier molecular flexibility index (Phi) is 8.91. The number of para-hydroxylation sites is 1. The summed E-state index contributed by atoms with van der Waals surface area (Å²) in [4.78, 5) is 2.57. The molecule has 0 aromatic heterocycles. The number of ether oxygens (including phenoxy) is 2. The van der Waals surface area contributed by atoms with Crippen molar-refractivity contribution in [3.8, 4) is 5.75 Å². The van der Waals surface area contributed by atoms with Crippen LogP contribution >= 0.6 is 8.58 Å². The van der Waals surface area contributed by atoms with Crippen LogP contribution in [0.4, 0.5) is 0 Å². The Bertz CT molecular complexity index is 822. The molecule has 0 saturated heterocycles. The Morgan fingerprint density at radius 3 is 2.13 bits per heavy atom. The number of nitrogens with zero attached hydrogens (tertiary/aromatic N) is 1. The molecule has 0 fully saturated rings. The molecule has 0 aliphatic rings. The molecule has 0 amide bonds. The summed E-state index contributed by atoms with van der Waals surface area (Å²) in [5.74, 6) is 0.956. The predicted molar refractivity (Wildman–Crippen MR) is 132 cm³/mol. The van der Waals surface area contributed by atoms with Crippen LogP contribution in [0.3, 0.4) is 0 Å². The van der Waals surface area contributed by atoms with Crippen LogP contribution in [0.15, 0.2) is 36.4 Å². The maximum Gasteiger partial charge on any atom is 0.188 e. The highest BCUT2D eigenvalue weighted by molar-refractivity contribution is 7.48. The van der Waals surface area contributed by atoms with E-state index in [-0.39, 0.29) is 11.9 Å². The molecule has 2 aromatic carbocycles. The molecule has 0 aliphatic carbocycles. The first-order chi connectivity index (χ1) is 14.1. The van der Waals surface area contributed by atoms with Gasteiger partial charge in [-0.15, -0.1) is 0 Å². The molecule has 1 unspecified atom stereocenters. The molecular weight excluding hydrogens is 389 g/mol. The van der Waals surface area contributed by atoms with E-state index in [2.05, 4.69) is 96.7 Å². The minimum atomic E-state index is -0.0452. The zero-order chi connectivity index (χ0) is 22.5. The average Bonchev–Trinajstić information content (AvgIpc) is 2.66. The topological polar surface area (TPSA) is 21.7 Å². The highest BCUT2D eigenvalue weighted by Crippen LogP contribution is 2.46. The van der Waals surface area contributed by atoms with Crippen molar-refractivity contribution >= 4 is 13.9 Å². The first-order valence-electron chi connectivity index (χ1n) is 10.9. The van der Waals surface area contributed by atoms with E-state index >= 15 is 0 Å². The van der Waals surface area contributed by atoms with Crippen molar-refractivity contribution in [2.24, 2.45) is 0 Å². The first kappa shape index (κ1) is 24.9. The molecule has 0 heterocycles. The Hall–Kier alpha value is -1.41. The second kappa shape index (κ2) is 10.8. The number of aryl methyl sites for hydroxylation is 2. The van der Waals surface area contributed by atoms with Crippen LogP contribution < -0.4 is 10.0 Å². The molecule has 166 valence electrons. The molecule has 4 heteroatoms. The minimum Gasteiger partial charge on any atom is -0.467 e. The van der Waals surface area contributed by atoms with Crippen LogP contribution in [0.25, 0.3) is 0 Å². The quantitative estimate of drug-likeness (QED) is 0.334. The molecule has 1 atom stereocenters. The molecule has 30 heavy (non-hydrogen) atoms. The number of hydrogen-bond donors (Lipinski definition) is 0. The lowest BCUT2D eigenvalue weighted by atomic mass is 9.98. The van der Waals surface area contributed by atoms with E-state index < -0.39 is 0 Å². The Morgan fingerprint density at radius 1 is 0.933 bits per heavy atom. The summed E-state index contributed by atoms with van der Waals surface area (Å²) in [6.07, 6.45) is 0. The van der Waals surface area contributed by atoms with E-state index in [9.17, 15) is 0 Å². The third kappa shape index (κ3) is 6.06. The van der Waals surface area contributed by atoms with Gasteiger partial charge in [0.05, 0.1) is 0 Å². The fourth-order valence-corrected chi connectivity index (χ4v) is 5.59. The van der Waals surface area contributed by atoms with Gasteiger partial charge in [-0.3, -0.25) is 4.90 Å². The van der Waals surface area contributed by atoms with E-state index in [0.717, 1.165) is 17.9 Å². The van der Waals surface area contributed by atoms with Gasteiger partial charge in [-0.25, -0.2) is 0 Å². The summed E-state index contributed by atoms with van der Waals surface area (Å²) in [5.41, 5.74) is 5.21. The highest BCUT2D eigenvalue weighted by Gasteiger charge is 2.28. The molecular formula is C26H40NO2P. The van der Waals surface area contributed by atoms with Crippen LogP contribution in [-0.2, 0) is 16.4 Å². The number of hydrogen-bond acceptors (Lipinski definition) is 3. The summed E-state index contributed by atoms with van der Waals surface area (Å²) < 4.78 is 11.2. The Labute approximate surface area is 185 Å². The average molecular weight is 430 g/mol. The number of benzene rings is 2. The van der Waals surface area contributed by atoms with Crippen molar-refractivity contribution in [2.75, 3.05) is 13.9 Å². The van der Waals surface area contributed by atoms with Gasteiger partial charge in [-0.05, 0) is 63.5 Å². The van der Waals surface area contributed by atoms with E-state index in [4.69, 9.17) is 9.47 Å². The smallest absolute Gasteiger partial charge is 0.188 e. The van der Waals surface area contributed by atoms with Gasteiger partial charge in [0.25, 0.3) is 0 Å². The van der Waals surface area contributed by atoms with E-state index in [0.29, 0.717) is 20.7 Å². The SMILES string of the molecule is COCOc1c(C)cccc1C(C)(C)Pc1c(C)cccc1CN(C(C)C)C(C)C. The third-order valence-electron chi connectivity index (χ3n) is 5.68. The van der Waals surface area contributed by atoms with Crippen molar-refractivity contribution < 1.29 is 9.47 Å². The zero-order valence-electron chi connectivity index (χ0n) is 20.3. The maximum atomic E-state index is 6.00.